The van der Waals surface area contributed by atoms with Crippen molar-refractivity contribution < 1.29 is 13.2 Å². The van der Waals surface area contributed by atoms with E-state index >= 15 is 0 Å². The number of nitrogens with zero attached hydrogens (tertiary/aromatic N) is 1. The van der Waals surface area contributed by atoms with E-state index in [1.165, 1.54) is 0 Å². The second-order valence-electron chi connectivity index (χ2n) is 5.74. The van der Waals surface area contributed by atoms with E-state index in [1.807, 2.05) is 33.8 Å². The Morgan fingerprint density at radius 3 is 2.62 bits per heavy atom. The first-order valence-corrected chi connectivity index (χ1v) is 9.04. The molecule has 4 nitrogen and oxygen atoms in total. The van der Waals surface area contributed by atoms with Crippen molar-refractivity contribution in [1.82, 2.24) is 4.31 Å². The topological polar surface area (TPSA) is 46.6 Å². The van der Waals surface area contributed by atoms with Crippen LogP contribution >= 0.6 is 11.6 Å². The highest BCUT2D eigenvalue weighted by Gasteiger charge is 2.35. The highest BCUT2D eigenvalue weighted by molar-refractivity contribution is 7.89. The molecule has 6 heteroatoms. The smallest absolute Gasteiger partial charge is 0.243 e. The van der Waals surface area contributed by atoms with Gasteiger partial charge in [-0.15, -0.1) is 11.6 Å². The van der Waals surface area contributed by atoms with E-state index in [0.717, 1.165) is 16.7 Å². The normalized spacial score (nSPS) is 24.2. The van der Waals surface area contributed by atoms with E-state index in [9.17, 15) is 8.42 Å². The zero-order valence-corrected chi connectivity index (χ0v) is 14.5. The molecular formula is C15H22ClNO3S. The fraction of sp³-hybridized carbons (Fsp3) is 0.600. The number of sulfonamides is 1. The minimum absolute atomic E-state index is 0.0893. The molecule has 0 radical (unpaired) electrons. The third-order valence-electron chi connectivity index (χ3n) is 3.97. The summed E-state index contributed by atoms with van der Waals surface area (Å²) in [5.41, 5.74) is 2.56. The van der Waals surface area contributed by atoms with Crippen molar-refractivity contribution in [2.75, 3.05) is 13.2 Å². The quantitative estimate of drug-likeness (QED) is 0.800. The summed E-state index contributed by atoms with van der Waals surface area (Å²) in [7, 11) is -3.54. The molecule has 0 bridgehead atoms. The summed E-state index contributed by atoms with van der Waals surface area (Å²) in [6.45, 7) is 8.32. The Hall–Kier alpha value is -0.620. The Labute approximate surface area is 132 Å². The van der Waals surface area contributed by atoms with Gasteiger partial charge in [-0.3, -0.25) is 0 Å². The predicted molar refractivity (Wildman–Crippen MR) is 84.2 cm³/mol. The van der Waals surface area contributed by atoms with Crippen LogP contribution in [0.3, 0.4) is 0 Å². The van der Waals surface area contributed by atoms with Crippen molar-refractivity contribution in [2.45, 2.75) is 50.6 Å². The molecule has 2 unspecified atom stereocenters. The van der Waals surface area contributed by atoms with Crippen LogP contribution in [0.2, 0.25) is 0 Å². The van der Waals surface area contributed by atoms with Gasteiger partial charge >= 0.3 is 0 Å². The summed E-state index contributed by atoms with van der Waals surface area (Å²) in [5, 5.41) is 0. The molecule has 1 heterocycles. The van der Waals surface area contributed by atoms with Crippen molar-refractivity contribution in [1.29, 1.82) is 0 Å². The average molecular weight is 332 g/mol. The molecule has 0 amide bonds. The fourth-order valence-corrected chi connectivity index (χ4v) is 4.77. The number of halogens is 1. The first-order valence-electron chi connectivity index (χ1n) is 7.07. The van der Waals surface area contributed by atoms with E-state index in [2.05, 4.69) is 0 Å². The standard InChI is InChI=1S/C15H22ClNO3S/c1-10-5-14(7-16)6-15(13(10)4)21(18,19)17-8-12(3)20-9-11(17)2/h5-6,11-12H,7-9H2,1-4H3. The number of rotatable bonds is 3. The van der Waals surface area contributed by atoms with Crippen LogP contribution in [0.25, 0.3) is 0 Å². The number of benzene rings is 1. The maximum Gasteiger partial charge on any atom is 0.243 e. The molecule has 118 valence electrons. The van der Waals surface area contributed by atoms with Gasteiger partial charge in [-0.25, -0.2) is 8.42 Å². The SMILES string of the molecule is Cc1cc(CCl)cc(S(=O)(=O)N2CC(C)OCC2C)c1C. The fourth-order valence-electron chi connectivity index (χ4n) is 2.58. The molecule has 1 aliphatic rings. The number of aryl methyl sites for hydroxylation is 1. The summed E-state index contributed by atoms with van der Waals surface area (Å²) in [5.74, 6) is 0.304. The van der Waals surface area contributed by atoms with Gasteiger partial charge in [0, 0.05) is 18.5 Å². The molecule has 21 heavy (non-hydrogen) atoms. The lowest BCUT2D eigenvalue weighted by Gasteiger charge is -2.36. The largest absolute Gasteiger partial charge is 0.375 e. The van der Waals surface area contributed by atoms with Crippen LogP contribution in [-0.4, -0.2) is 38.0 Å². The molecule has 0 aliphatic carbocycles. The Bertz CT molecular complexity index is 630. The third-order valence-corrected chi connectivity index (χ3v) is 6.39. The average Bonchev–Trinajstić information content (AvgIpc) is 2.43. The van der Waals surface area contributed by atoms with Crippen LogP contribution in [0.15, 0.2) is 17.0 Å². The molecule has 2 rings (SSSR count). The maximum absolute atomic E-state index is 13.0. The Morgan fingerprint density at radius 2 is 2.00 bits per heavy atom. The molecular weight excluding hydrogens is 310 g/mol. The van der Waals surface area contributed by atoms with Gasteiger partial charge in [-0.2, -0.15) is 4.31 Å². The highest BCUT2D eigenvalue weighted by atomic mass is 35.5. The van der Waals surface area contributed by atoms with Crippen LogP contribution in [-0.2, 0) is 20.6 Å². The number of hydrogen-bond acceptors (Lipinski definition) is 3. The zero-order chi connectivity index (χ0) is 15.8. The lowest BCUT2D eigenvalue weighted by Crippen LogP contribution is -2.50. The third kappa shape index (κ3) is 3.26. The lowest BCUT2D eigenvalue weighted by atomic mass is 10.1. The first kappa shape index (κ1) is 16.7. The van der Waals surface area contributed by atoms with E-state index in [1.54, 1.807) is 10.4 Å². The van der Waals surface area contributed by atoms with Gasteiger partial charge in [-0.05, 0) is 50.5 Å². The molecule has 1 aliphatic heterocycles. The van der Waals surface area contributed by atoms with Gasteiger partial charge in [0.15, 0.2) is 0 Å². The summed E-state index contributed by atoms with van der Waals surface area (Å²) < 4.78 is 33.1. The molecule has 1 aromatic rings. The minimum Gasteiger partial charge on any atom is -0.375 e. The Balaban J connectivity index is 2.51. The molecule has 0 N–H and O–H groups in total. The zero-order valence-electron chi connectivity index (χ0n) is 12.9. The van der Waals surface area contributed by atoms with Crippen LogP contribution in [0, 0.1) is 13.8 Å². The van der Waals surface area contributed by atoms with Crippen LogP contribution in [0.4, 0.5) is 0 Å². The molecule has 0 spiro atoms. The van der Waals surface area contributed by atoms with Gasteiger partial charge in [-0.1, -0.05) is 6.07 Å². The van der Waals surface area contributed by atoms with Crippen molar-refractivity contribution in [3.05, 3.63) is 28.8 Å². The van der Waals surface area contributed by atoms with Gasteiger partial charge in [0.1, 0.15) is 0 Å². The predicted octanol–water partition coefficient (Wildman–Crippen LogP) is 2.84. The number of hydrogen-bond donors (Lipinski definition) is 0. The van der Waals surface area contributed by atoms with Gasteiger partial charge < -0.3 is 4.74 Å². The maximum atomic E-state index is 13.0. The summed E-state index contributed by atoms with van der Waals surface area (Å²) in [4.78, 5) is 0.360. The summed E-state index contributed by atoms with van der Waals surface area (Å²) in [6, 6.07) is 3.47. The highest BCUT2D eigenvalue weighted by Crippen LogP contribution is 2.28. The van der Waals surface area contributed by atoms with Gasteiger partial charge in [0.05, 0.1) is 17.6 Å². The van der Waals surface area contributed by atoms with E-state index in [0.29, 0.717) is 23.9 Å². The van der Waals surface area contributed by atoms with E-state index in [4.69, 9.17) is 16.3 Å². The lowest BCUT2D eigenvalue weighted by molar-refractivity contribution is -0.0170. The molecule has 1 aromatic carbocycles. The Kier molecular flexibility index (Phi) is 4.98. The van der Waals surface area contributed by atoms with Crippen LogP contribution < -0.4 is 0 Å². The summed E-state index contributed by atoms with van der Waals surface area (Å²) in [6.07, 6.45) is -0.0893. The first-order chi connectivity index (χ1) is 9.77. The van der Waals surface area contributed by atoms with Crippen molar-refractivity contribution >= 4 is 21.6 Å². The van der Waals surface area contributed by atoms with Crippen LogP contribution in [0.1, 0.15) is 30.5 Å². The molecule has 2 atom stereocenters. The second-order valence-corrected chi connectivity index (χ2v) is 7.86. The monoisotopic (exact) mass is 331 g/mol. The molecule has 1 saturated heterocycles. The van der Waals surface area contributed by atoms with Crippen LogP contribution in [0.5, 0.6) is 0 Å². The molecule has 1 fully saturated rings. The van der Waals surface area contributed by atoms with Gasteiger partial charge in [0.25, 0.3) is 0 Å². The molecule has 0 saturated carbocycles. The number of ether oxygens (including phenoxy) is 1. The van der Waals surface area contributed by atoms with E-state index < -0.39 is 10.0 Å². The second kappa shape index (κ2) is 6.24. The molecule has 0 aromatic heterocycles. The van der Waals surface area contributed by atoms with Crippen molar-refractivity contribution in [2.24, 2.45) is 0 Å². The Morgan fingerprint density at radius 1 is 1.33 bits per heavy atom. The van der Waals surface area contributed by atoms with Crippen molar-refractivity contribution in [3.63, 3.8) is 0 Å². The number of morpholine rings is 1. The van der Waals surface area contributed by atoms with Crippen molar-refractivity contribution in [3.8, 4) is 0 Å². The minimum atomic E-state index is -3.54. The summed E-state index contributed by atoms with van der Waals surface area (Å²) >= 11 is 5.88. The van der Waals surface area contributed by atoms with Gasteiger partial charge in [0.2, 0.25) is 10.0 Å². The van der Waals surface area contributed by atoms with E-state index in [-0.39, 0.29) is 12.1 Å². The number of alkyl halides is 1.